The van der Waals surface area contributed by atoms with Crippen LogP contribution in [0.3, 0.4) is 0 Å². The lowest BCUT2D eigenvalue weighted by molar-refractivity contribution is -0.199. The molecule has 49 heavy (non-hydrogen) atoms. The van der Waals surface area contributed by atoms with Gasteiger partial charge in [0.15, 0.2) is 8.32 Å². The first-order valence-electron chi connectivity index (χ1n) is 19.4. The van der Waals surface area contributed by atoms with Crippen molar-refractivity contribution in [3.05, 3.63) is 63.5 Å². The van der Waals surface area contributed by atoms with Gasteiger partial charge in [0.25, 0.3) is 0 Å². The summed E-state index contributed by atoms with van der Waals surface area (Å²) in [5.41, 5.74) is -1.11. The van der Waals surface area contributed by atoms with Crippen molar-refractivity contribution in [1.29, 1.82) is 0 Å². The molecule has 1 aromatic carbocycles. The van der Waals surface area contributed by atoms with E-state index in [4.69, 9.17) is 4.43 Å². The molecule has 3 fully saturated rings. The second kappa shape index (κ2) is 11.4. The summed E-state index contributed by atoms with van der Waals surface area (Å²) in [5, 5.41) is 10.3. The Morgan fingerprint density at radius 1 is 0.918 bits per heavy atom. The fraction of sp³-hybridized carbons (Fsp3) is 0.756. The van der Waals surface area contributed by atoms with E-state index in [0.29, 0.717) is 29.4 Å². The zero-order chi connectivity index (χ0) is 35.5. The highest BCUT2D eigenvalue weighted by atomic mass is 28.4. The molecule has 6 aliphatic rings. The van der Waals surface area contributed by atoms with Crippen LogP contribution in [0.2, 0.25) is 18.1 Å². The maximum atomic E-state index is 15.1. The third-order valence-corrected chi connectivity index (χ3v) is 20.5. The Morgan fingerprint density at radius 2 is 1.59 bits per heavy atom. The second-order valence-corrected chi connectivity index (χ2v) is 24.2. The Balaban J connectivity index is 1.40. The number of benzene rings is 1. The summed E-state index contributed by atoms with van der Waals surface area (Å²) in [6, 6.07) is 9.56. The zero-order valence-corrected chi connectivity index (χ0v) is 33.0. The Hall–Kier alpha value is -2.16. The number of para-hydroxylation sites is 1. The van der Waals surface area contributed by atoms with Crippen LogP contribution < -0.4 is 11.4 Å². The van der Waals surface area contributed by atoms with Gasteiger partial charge in [0.05, 0.1) is 16.8 Å². The van der Waals surface area contributed by atoms with Crippen LogP contribution in [0.5, 0.6) is 0 Å². The minimum atomic E-state index is -2.07. The van der Waals surface area contributed by atoms with Crippen LogP contribution in [0.15, 0.2) is 52.1 Å². The van der Waals surface area contributed by atoms with Crippen molar-refractivity contribution in [3.8, 4) is 5.69 Å². The van der Waals surface area contributed by atoms with Crippen LogP contribution in [-0.4, -0.2) is 40.1 Å². The fourth-order valence-corrected chi connectivity index (χ4v) is 13.6. The number of fused-ring (bicyclic) bond motifs is 1. The Morgan fingerprint density at radius 3 is 2.22 bits per heavy atom. The van der Waals surface area contributed by atoms with Crippen molar-refractivity contribution in [2.45, 2.75) is 142 Å². The summed E-state index contributed by atoms with van der Waals surface area (Å²) in [5.74, 6) is 2.24. The maximum Gasteiger partial charge on any atom is 0.352 e. The molecule has 0 saturated heterocycles. The van der Waals surface area contributed by atoms with Gasteiger partial charge >= 0.3 is 11.4 Å². The summed E-state index contributed by atoms with van der Waals surface area (Å²) in [6.07, 6.45) is 13.0. The summed E-state index contributed by atoms with van der Waals surface area (Å²) >= 11 is 0. The normalized spacial score (nSPS) is 37.8. The molecule has 1 aromatic heterocycles. The standard InChI is InChI=1S/C41H63N3O4Si/c1-27(2)29(26-45)24-28(3)32-16-17-33-38(32,7)20-19-34-39(8)21-18-31(48-49(9,10)37(4,5)6)25-40(39)22-23-41(33,34)44-36(47)42(35(46)43(40)44)30-14-12-11-13-15-30/h11-15,22-23,27-29,31-34,45H,16-21,24-26H2,1-10H3/t28-,29?,31?,32-,33-,34-,38-,39-,40-,41+/m1/s1. The minimum Gasteiger partial charge on any atom is -0.414 e. The van der Waals surface area contributed by atoms with E-state index in [0.717, 1.165) is 51.4 Å². The first-order chi connectivity index (χ1) is 22.9. The number of allylic oxidation sites excluding steroid dienone is 2. The van der Waals surface area contributed by atoms with Gasteiger partial charge in [-0.25, -0.2) is 23.5 Å². The lowest BCUT2D eigenvalue weighted by atomic mass is 9.40. The molecule has 8 rings (SSSR count). The van der Waals surface area contributed by atoms with Crippen LogP contribution in [0.25, 0.3) is 5.69 Å². The van der Waals surface area contributed by atoms with Crippen molar-refractivity contribution in [1.82, 2.24) is 13.9 Å². The smallest absolute Gasteiger partial charge is 0.352 e. The van der Waals surface area contributed by atoms with Gasteiger partial charge in [0, 0.05) is 24.5 Å². The molecule has 0 radical (unpaired) electrons. The van der Waals surface area contributed by atoms with Crippen molar-refractivity contribution < 1.29 is 9.53 Å². The molecule has 2 bridgehead atoms. The van der Waals surface area contributed by atoms with Gasteiger partial charge in [0.1, 0.15) is 0 Å². The molecule has 10 atom stereocenters. The summed E-state index contributed by atoms with van der Waals surface area (Å²) in [7, 11) is -2.07. The molecule has 3 saturated carbocycles. The van der Waals surface area contributed by atoms with Crippen LogP contribution >= 0.6 is 0 Å². The quantitative estimate of drug-likeness (QED) is 0.225. The molecular formula is C41H63N3O4Si. The highest BCUT2D eigenvalue weighted by molar-refractivity contribution is 6.74. The van der Waals surface area contributed by atoms with E-state index in [9.17, 15) is 5.11 Å². The monoisotopic (exact) mass is 689 g/mol. The first-order valence-corrected chi connectivity index (χ1v) is 22.3. The molecule has 2 aliphatic heterocycles. The van der Waals surface area contributed by atoms with E-state index in [1.54, 1.807) is 0 Å². The maximum absolute atomic E-state index is 15.1. The summed E-state index contributed by atoms with van der Waals surface area (Å²) in [6.45, 7) is 23.6. The predicted octanol–water partition coefficient (Wildman–Crippen LogP) is 8.09. The first kappa shape index (κ1) is 35.2. The van der Waals surface area contributed by atoms with Crippen LogP contribution in [0, 0.1) is 46.3 Å². The average Bonchev–Trinajstić information content (AvgIpc) is 3.54. The SMILES string of the molecule is CC(C)C(CO)C[C@@H](C)[C@H]1CC[C@@H]2[C@]1(C)CC[C@H]1[C@]23C=C[C@]2(CC(O[Si](C)(C)C(C)(C)C)CC[C@]12C)n1c(=O)n(-c2ccccc2)c(=O)n13. The average molecular weight is 690 g/mol. The second-order valence-electron chi connectivity index (χ2n) is 19.4. The third-order valence-electron chi connectivity index (χ3n) is 15.9. The zero-order valence-electron chi connectivity index (χ0n) is 32.0. The molecule has 7 nitrogen and oxygen atoms in total. The highest BCUT2D eigenvalue weighted by Gasteiger charge is 2.75. The van der Waals surface area contributed by atoms with E-state index < -0.39 is 19.4 Å². The predicted molar refractivity (Wildman–Crippen MR) is 200 cm³/mol. The lowest BCUT2D eigenvalue weighted by Gasteiger charge is -2.71. The molecule has 2 aromatic rings. The van der Waals surface area contributed by atoms with Gasteiger partial charge < -0.3 is 9.53 Å². The minimum absolute atomic E-state index is 0.0305. The largest absolute Gasteiger partial charge is 0.414 e. The number of nitrogens with zero attached hydrogens (tertiary/aromatic N) is 3. The van der Waals surface area contributed by atoms with Crippen molar-refractivity contribution in [2.24, 2.45) is 46.3 Å². The lowest BCUT2D eigenvalue weighted by Crippen LogP contribution is -2.76. The number of hydrogen-bond acceptors (Lipinski definition) is 4. The van der Waals surface area contributed by atoms with Gasteiger partial charge in [-0.3, -0.25) is 0 Å². The highest BCUT2D eigenvalue weighted by Crippen LogP contribution is 2.74. The Labute approximate surface area is 295 Å². The molecule has 8 heteroatoms. The third kappa shape index (κ3) is 4.64. The molecule has 0 amide bonds. The van der Waals surface area contributed by atoms with Crippen molar-refractivity contribution >= 4 is 8.32 Å². The molecular weight excluding hydrogens is 627 g/mol. The van der Waals surface area contributed by atoms with Crippen LogP contribution in [-0.2, 0) is 15.5 Å². The summed E-state index contributed by atoms with van der Waals surface area (Å²) < 4.78 is 12.6. The van der Waals surface area contributed by atoms with Gasteiger partial charge in [0.2, 0.25) is 0 Å². The van der Waals surface area contributed by atoms with E-state index in [1.807, 2.05) is 39.7 Å². The van der Waals surface area contributed by atoms with Crippen molar-refractivity contribution in [2.75, 3.05) is 6.61 Å². The number of aliphatic hydroxyl groups is 1. The van der Waals surface area contributed by atoms with Crippen LogP contribution in [0.1, 0.15) is 107 Å². The van der Waals surface area contributed by atoms with Crippen LogP contribution in [0.4, 0.5) is 0 Å². The molecule has 2 spiro atoms. The molecule has 1 N–H and O–H groups in total. The van der Waals surface area contributed by atoms with Crippen molar-refractivity contribution in [3.63, 3.8) is 0 Å². The fourth-order valence-electron chi connectivity index (χ4n) is 12.3. The van der Waals surface area contributed by atoms with Gasteiger partial charge in [-0.2, -0.15) is 0 Å². The van der Waals surface area contributed by atoms with E-state index >= 15 is 9.59 Å². The number of aromatic nitrogens is 3. The molecule has 3 heterocycles. The number of rotatable bonds is 8. The molecule has 2 unspecified atom stereocenters. The number of aliphatic hydroxyl groups excluding tert-OH is 1. The van der Waals surface area contributed by atoms with E-state index in [2.05, 4.69) is 80.6 Å². The summed E-state index contributed by atoms with van der Waals surface area (Å²) in [4.78, 5) is 30.1. The van der Waals surface area contributed by atoms with E-state index in [1.165, 1.54) is 4.57 Å². The van der Waals surface area contributed by atoms with Gasteiger partial charge in [-0.15, -0.1) is 0 Å². The topological polar surface area (TPSA) is 78.4 Å². The van der Waals surface area contributed by atoms with E-state index in [-0.39, 0.29) is 51.8 Å². The Kier molecular flexibility index (Phi) is 8.21. The number of hydrogen-bond donors (Lipinski definition) is 1. The Bertz CT molecular complexity index is 1730. The van der Waals surface area contributed by atoms with Gasteiger partial charge in [-0.05, 0) is 116 Å². The molecule has 270 valence electrons. The molecule has 4 aliphatic carbocycles. The van der Waals surface area contributed by atoms with Gasteiger partial charge in [-0.1, -0.05) is 85.7 Å².